The van der Waals surface area contributed by atoms with Gasteiger partial charge in [-0.25, -0.2) is 0 Å². The van der Waals surface area contributed by atoms with Crippen molar-refractivity contribution in [1.82, 2.24) is 9.88 Å². The van der Waals surface area contributed by atoms with E-state index >= 15 is 0 Å². The van der Waals surface area contributed by atoms with Crippen LogP contribution in [-0.2, 0) is 0 Å². The van der Waals surface area contributed by atoms with E-state index in [1.807, 2.05) is 13.8 Å². The van der Waals surface area contributed by atoms with Crippen LogP contribution in [-0.4, -0.2) is 28.9 Å². The van der Waals surface area contributed by atoms with Crippen molar-refractivity contribution >= 4 is 28.6 Å². The minimum absolute atomic E-state index is 0.00368. The molecule has 90 valence electrons. The van der Waals surface area contributed by atoms with Crippen LogP contribution in [0.15, 0.2) is 22.6 Å². The standard InChI is InChI=1S/C12H13ClN2O2/c1-3-15(4-2)11(16)8-5-6-10-9(7-8)14-12(13)17-10/h5-7H,3-4H2,1-2H3. The van der Waals surface area contributed by atoms with Gasteiger partial charge in [-0.05, 0) is 43.6 Å². The maximum atomic E-state index is 12.1. The second-order valence-electron chi connectivity index (χ2n) is 3.63. The van der Waals surface area contributed by atoms with Crippen molar-refractivity contribution in [3.63, 3.8) is 0 Å². The average molecular weight is 253 g/mol. The Morgan fingerprint density at radius 1 is 1.41 bits per heavy atom. The van der Waals surface area contributed by atoms with E-state index in [9.17, 15) is 4.79 Å². The number of carbonyl (C=O) groups excluding carboxylic acids is 1. The SMILES string of the molecule is CCN(CC)C(=O)c1ccc2oc(Cl)nc2c1. The van der Waals surface area contributed by atoms with Crippen LogP contribution < -0.4 is 0 Å². The maximum Gasteiger partial charge on any atom is 0.293 e. The van der Waals surface area contributed by atoms with Crippen LogP contribution in [0.3, 0.4) is 0 Å². The lowest BCUT2D eigenvalue weighted by molar-refractivity contribution is 0.0773. The van der Waals surface area contributed by atoms with Gasteiger partial charge in [0.05, 0.1) is 0 Å². The lowest BCUT2D eigenvalue weighted by atomic mass is 10.2. The Labute approximate surface area is 104 Å². The summed E-state index contributed by atoms with van der Waals surface area (Å²) in [6.45, 7) is 5.28. The molecule has 0 N–H and O–H groups in total. The van der Waals surface area contributed by atoms with Crippen molar-refractivity contribution in [2.45, 2.75) is 13.8 Å². The smallest absolute Gasteiger partial charge is 0.293 e. The minimum Gasteiger partial charge on any atom is -0.428 e. The van der Waals surface area contributed by atoms with Crippen LogP contribution in [0.25, 0.3) is 11.1 Å². The van der Waals surface area contributed by atoms with Gasteiger partial charge in [-0.1, -0.05) is 0 Å². The molecule has 0 aliphatic heterocycles. The van der Waals surface area contributed by atoms with Crippen molar-refractivity contribution in [1.29, 1.82) is 0 Å². The van der Waals surface area contributed by atoms with Crippen LogP contribution in [0.2, 0.25) is 5.35 Å². The Balaban J connectivity index is 2.38. The average Bonchev–Trinajstić information content (AvgIpc) is 2.69. The number of hydrogen-bond donors (Lipinski definition) is 0. The highest BCUT2D eigenvalue weighted by atomic mass is 35.5. The second-order valence-corrected chi connectivity index (χ2v) is 3.95. The molecule has 0 saturated heterocycles. The van der Waals surface area contributed by atoms with Crippen molar-refractivity contribution in [2.75, 3.05) is 13.1 Å². The van der Waals surface area contributed by atoms with Crippen LogP contribution in [0, 0.1) is 0 Å². The molecular weight excluding hydrogens is 240 g/mol. The third kappa shape index (κ3) is 2.26. The molecule has 0 aliphatic rings. The van der Waals surface area contributed by atoms with Gasteiger partial charge in [0, 0.05) is 18.7 Å². The van der Waals surface area contributed by atoms with E-state index in [1.54, 1.807) is 23.1 Å². The highest BCUT2D eigenvalue weighted by Gasteiger charge is 2.14. The predicted molar refractivity (Wildman–Crippen MR) is 66.3 cm³/mol. The molecule has 0 saturated carbocycles. The summed E-state index contributed by atoms with van der Waals surface area (Å²) in [4.78, 5) is 17.8. The Kier molecular flexibility index (Phi) is 3.33. The first-order chi connectivity index (χ1) is 8.15. The number of nitrogens with zero attached hydrogens (tertiary/aromatic N) is 2. The fraction of sp³-hybridized carbons (Fsp3) is 0.333. The van der Waals surface area contributed by atoms with Gasteiger partial charge in [-0.3, -0.25) is 4.79 Å². The minimum atomic E-state index is -0.00368. The van der Waals surface area contributed by atoms with E-state index in [0.29, 0.717) is 29.8 Å². The summed E-state index contributed by atoms with van der Waals surface area (Å²) in [6, 6.07) is 5.14. The quantitative estimate of drug-likeness (QED) is 0.844. The molecule has 0 radical (unpaired) electrons. The van der Waals surface area contributed by atoms with Gasteiger partial charge in [0.25, 0.3) is 11.3 Å². The van der Waals surface area contributed by atoms with E-state index < -0.39 is 0 Å². The first-order valence-electron chi connectivity index (χ1n) is 5.51. The second kappa shape index (κ2) is 4.75. The zero-order valence-corrected chi connectivity index (χ0v) is 10.5. The molecule has 0 atom stereocenters. The summed E-state index contributed by atoms with van der Waals surface area (Å²) < 4.78 is 5.15. The molecule has 0 fully saturated rings. The number of hydrogen-bond acceptors (Lipinski definition) is 3. The molecule has 1 heterocycles. The number of oxazole rings is 1. The molecule has 2 aromatic rings. The van der Waals surface area contributed by atoms with E-state index in [0.717, 1.165) is 0 Å². The van der Waals surface area contributed by atoms with Gasteiger partial charge in [-0.2, -0.15) is 4.98 Å². The van der Waals surface area contributed by atoms with Crippen LogP contribution >= 0.6 is 11.6 Å². The molecule has 5 heteroatoms. The van der Waals surface area contributed by atoms with Crippen LogP contribution in [0.5, 0.6) is 0 Å². The summed E-state index contributed by atoms with van der Waals surface area (Å²) in [5.41, 5.74) is 1.80. The van der Waals surface area contributed by atoms with E-state index in [2.05, 4.69) is 4.98 Å². The molecule has 0 spiro atoms. The van der Waals surface area contributed by atoms with Crippen molar-refractivity contribution in [3.8, 4) is 0 Å². The highest BCUT2D eigenvalue weighted by molar-refractivity contribution is 6.28. The summed E-state index contributed by atoms with van der Waals surface area (Å²) in [5.74, 6) is -0.00368. The van der Waals surface area contributed by atoms with Gasteiger partial charge in [0.15, 0.2) is 5.58 Å². The van der Waals surface area contributed by atoms with Crippen molar-refractivity contribution in [2.24, 2.45) is 0 Å². The van der Waals surface area contributed by atoms with E-state index in [4.69, 9.17) is 16.0 Å². The molecule has 1 aromatic heterocycles. The van der Waals surface area contributed by atoms with E-state index in [-0.39, 0.29) is 11.3 Å². The molecule has 2 rings (SSSR count). The summed E-state index contributed by atoms with van der Waals surface area (Å²) in [7, 11) is 0. The Bertz CT molecular complexity index is 546. The number of fused-ring (bicyclic) bond motifs is 1. The molecule has 4 nitrogen and oxygen atoms in total. The highest BCUT2D eigenvalue weighted by Crippen LogP contribution is 2.20. The topological polar surface area (TPSA) is 46.3 Å². The zero-order valence-electron chi connectivity index (χ0n) is 9.74. The Morgan fingerprint density at radius 3 is 2.76 bits per heavy atom. The number of halogens is 1. The van der Waals surface area contributed by atoms with Gasteiger partial charge in [-0.15, -0.1) is 0 Å². The van der Waals surface area contributed by atoms with Gasteiger partial charge in [0.1, 0.15) is 5.52 Å². The molecule has 1 amide bonds. The van der Waals surface area contributed by atoms with Crippen LogP contribution in [0.4, 0.5) is 0 Å². The van der Waals surface area contributed by atoms with Gasteiger partial charge >= 0.3 is 0 Å². The molecule has 0 unspecified atom stereocenters. The number of benzene rings is 1. The lowest BCUT2D eigenvalue weighted by Crippen LogP contribution is -2.30. The normalized spacial score (nSPS) is 10.8. The molecular formula is C12H13ClN2O2. The molecule has 1 aromatic carbocycles. The van der Waals surface area contributed by atoms with Gasteiger partial charge < -0.3 is 9.32 Å². The number of aromatic nitrogens is 1. The third-order valence-corrected chi connectivity index (χ3v) is 2.82. The first-order valence-corrected chi connectivity index (χ1v) is 5.88. The molecule has 0 aliphatic carbocycles. The number of amides is 1. The summed E-state index contributed by atoms with van der Waals surface area (Å²) in [5, 5.41) is 0.0902. The van der Waals surface area contributed by atoms with E-state index in [1.165, 1.54) is 0 Å². The largest absolute Gasteiger partial charge is 0.428 e. The fourth-order valence-electron chi connectivity index (χ4n) is 1.73. The third-order valence-electron chi connectivity index (χ3n) is 2.66. The Hall–Kier alpha value is -1.55. The summed E-state index contributed by atoms with van der Waals surface area (Å²) in [6.07, 6.45) is 0. The fourth-order valence-corrected chi connectivity index (χ4v) is 1.90. The monoisotopic (exact) mass is 252 g/mol. The predicted octanol–water partition coefficient (Wildman–Crippen LogP) is 2.96. The first kappa shape index (κ1) is 11.9. The van der Waals surface area contributed by atoms with Crippen molar-refractivity contribution < 1.29 is 9.21 Å². The van der Waals surface area contributed by atoms with Crippen LogP contribution in [0.1, 0.15) is 24.2 Å². The number of rotatable bonds is 3. The van der Waals surface area contributed by atoms with Crippen molar-refractivity contribution in [3.05, 3.63) is 29.1 Å². The number of carbonyl (C=O) groups is 1. The summed E-state index contributed by atoms with van der Waals surface area (Å²) >= 11 is 5.66. The van der Waals surface area contributed by atoms with Gasteiger partial charge in [0.2, 0.25) is 0 Å². The zero-order chi connectivity index (χ0) is 12.4. The maximum absolute atomic E-state index is 12.1. The Morgan fingerprint density at radius 2 is 2.12 bits per heavy atom. The molecule has 0 bridgehead atoms. The molecule has 17 heavy (non-hydrogen) atoms. The lowest BCUT2D eigenvalue weighted by Gasteiger charge is -2.18.